The van der Waals surface area contributed by atoms with E-state index in [0.717, 1.165) is 17.4 Å². The fraction of sp³-hybridized carbons (Fsp3) is 0.458. The third kappa shape index (κ3) is 7.81. The molecule has 9 nitrogen and oxygen atoms in total. The lowest BCUT2D eigenvalue weighted by molar-refractivity contribution is -0.126. The second kappa shape index (κ2) is 12.9. The summed E-state index contributed by atoms with van der Waals surface area (Å²) in [6.45, 7) is -4.10. The molecule has 0 spiro atoms. The largest absolute Gasteiger partial charge is 0.433 e. The number of thiophene rings is 1. The first-order chi connectivity index (χ1) is 18.6. The Labute approximate surface area is 230 Å². The number of halogens is 5. The summed E-state index contributed by atoms with van der Waals surface area (Å²) in [4.78, 5) is 41.0. The van der Waals surface area contributed by atoms with Crippen LogP contribution in [-0.4, -0.2) is 80.6 Å². The molecular formula is C24H25ClF4N4O5S. The summed E-state index contributed by atoms with van der Waals surface area (Å²) in [7, 11) is 0. The predicted molar refractivity (Wildman–Crippen MR) is 136 cm³/mol. The van der Waals surface area contributed by atoms with Crippen LogP contribution in [0.25, 0.3) is 0 Å². The number of nitrogens with zero attached hydrogens (tertiary/aromatic N) is 2. The summed E-state index contributed by atoms with van der Waals surface area (Å²) in [6, 6.07) is 5.42. The molecule has 1 aromatic heterocycles. The van der Waals surface area contributed by atoms with Gasteiger partial charge in [0.25, 0.3) is 18.2 Å². The van der Waals surface area contributed by atoms with Gasteiger partial charge in [-0.05, 0) is 37.1 Å². The summed E-state index contributed by atoms with van der Waals surface area (Å²) in [5.74, 6) is -2.06. The highest BCUT2D eigenvalue weighted by Crippen LogP contribution is 2.34. The van der Waals surface area contributed by atoms with Crippen molar-refractivity contribution in [1.82, 2.24) is 10.2 Å². The van der Waals surface area contributed by atoms with E-state index in [2.05, 4.69) is 15.4 Å². The fourth-order valence-electron chi connectivity index (χ4n) is 4.17. The van der Waals surface area contributed by atoms with Gasteiger partial charge in [0.2, 0.25) is 5.91 Å². The zero-order chi connectivity index (χ0) is 28.1. The lowest BCUT2D eigenvalue weighted by Gasteiger charge is -2.31. The van der Waals surface area contributed by atoms with Gasteiger partial charge in [0.1, 0.15) is 12.6 Å². The average Bonchev–Trinajstić information content (AvgIpc) is 3.63. The zero-order valence-electron chi connectivity index (χ0n) is 20.4. The minimum absolute atomic E-state index is 0.0364. The maximum Gasteiger partial charge on any atom is 0.387 e. The molecule has 1 aromatic carbocycles. The molecule has 1 aliphatic heterocycles. The maximum atomic E-state index is 13.4. The van der Waals surface area contributed by atoms with Gasteiger partial charge in [-0.2, -0.15) is 8.78 Å². The summed E-state index contributed by atoms with van der Waals surface area (Å²) < 4.78 is 63.2. The van der Waals surface area contributed by atoms with Crippen molar-refractivity contribution >= 4 is 52.0 Å². The smallest absolute Gasteiger partial charge is 0.387 e. The summed E-state index contributed by atoms with van der Waals surface area (Å²) >= 11 is 6.90. The Morgan fingerprint density at radius 2 is 1.97 bits per heavy atom. The van der Waals surface area contributed by atoms with E-state index in [1.165, 1.54) is 34.1 Å². The molecule has 0 unspecified atom stereocenters. The maximum absolute atomic E-state index is 13.4. The van der Waals surface area contributed by atoms with Crippen molar-refractivity contribution < 1.29 is 41.4 Å². The van der Waals surface area contributed by atoms with E-state index < -0.39 is 43.3 Å². The SMILES string of the molecule is O=C(NC[C@H](C(=O)Nc1ccc(N2CCOCC2=O)c(OC(F)F)c1)N(CC(F)F)C1CC1)c1ccc(Cl)s1. The first kappa shape index (κ1) is 29.1. The Kier molecular flexibility index (Phi) is 9.64. The number of ether oxygens (including phenoxy) is 2. The Balaban J connectivity index is 1.55. The summed E-state index contributed by atoms with van der Waals surface area (Å²) in [6.07, 6.45) is -1.51. The average molecular weight is 593 g/mol. The van der Waals surface area contributed by atoms with Gasteiger partial charge in [0, 0.05) is 30.9 Å². The lowest BCUT2D eigenvalue weighted by atomic mass is 10.1. The third-order valence-electron chi connectivity index (χ3n) is 6.04. The standard InChI is InChI=1S/C24H25ClF4N4O5S/c25-19-6-5-18(39-19)23(36)30-10-16(33(11-20(26)27)14-2-3-14)22(35)31-13-1-4-15(17(9-13)38-24(28)29)32-7-8-37-12-21(32)34/h1,4-6,9,14,16,20,24H,2-3,7-8,10-12H2,(H,30,36)(H,31,35)/t16-/m1/s1. The van der Waals surface area contributed by atoms with Crippen LogP contribution in [0.3, 0.4) is 0 Å². The fourth-order valence-corrected chi connectivity index (χ4v) is 5.13. The Morgan fingerprint density at radius 1 is 1.21 bits per heavy atom. The zero-order valence-corrected chi connectivity index (χ0v) is 22.0. The molecule has 2 fully saturated rings. The highest BCUT2D eigenvalue weighted by Gasteiger charge is 2.39. The number of carbonyl (C=O) groups is 3. The van der Waals surface area contributed by atoms with E-state index in [1.807, 2.05) is 0 Å². The van der Waals surface area contributed by atoms with Crippen molar-refractivity contribution in [3.05, 3.63) is 39.5 Å². The molecule has 15 heteroatoms. The molecule has 2 aliphatic rings. The minimum Gasteiger partial charge on any atom is -0.433 e. The second-order valence-corrected chi connectivity index (χ2v) is 10.5. The van der Waals surface area contributed by atoms with Gasteiger partial charge in [-0.25, -0.2) is 8.78 Å². The van der Waals surface area contributed by atoms with Crippen LogP contribution in [0.5, 0.6) is 5.75 Å². The van der Waals surface area contributed by atoms with E-state index in [1.54, 1.807) is 0 Å². The molecule has 1 saturated carbocycles. The van der Waals surface area contributed by atoms with Crippen molar-refractivity contribution in [1.29, 1.82) is 0 Å². The predicted octanol–water partition coefficient (Wildman–Crippen LogP) is 3.83. The van der Waals surface area contributed by atoms with Crippen LogP contribution in [0, 0.1) is 0 Å². The van der Waals surface area contributed by atoms with E-state index >= 15 is 0 Å². The normalized spacial score (nSPS) is 16.6. The van der Waals surface area contributed by atoms with Crippen molar-refractivity contribution in [2.24, 2.45) is 0 Å². The number of hydrogen-bond acceptors (Lipinski definition) is 7. The highest BCUT2D eigenvalue weighted by molar-refractivity contribution is 7.18. The minimum atomic E-state index is -3.21. The van der Waals surface area contributed by atoms with Gasteiger partial charge in [0.05, 0.1) is 28.1 Å². The molecule has 4 rings (SSSR count). The number of rotatable bonds is 12. The molecule has 0 bridgehead atoms. The first-order valence-corrected chi connectivity index (χ1v) is 13.2. The number of benzene rings is 1. The number of hydrogen-bond donors (Lipinski definition) is 2. The first-order valence-electron chi connectivity index (χ1n) is 12.0. The molecule has 1 aliphatic carbocycles. The quantitative estimate of drug-likeness (QED) is 0.364. The van der Waals surface area contributed by atoms with Crippen LogP contribution >= 0.6 is 22.9 Å². The molecule has 0 radical (unpaired) electrons. The van der Waals surface area contributed by atoms with Gasteiger partial charge in [-0.3, -0.25) is 19.3 Å². The van der Waals surface area contributed by atoms with Crippen LogP contribution in [0.4, 0.5) is 28.9 Å². The van der Waals surface area contributed by atoms with E-state index in [9.17, 15) is 31.9 Å². The van der Waals surface area contributed by atoms with Crippen LogP contribution < -0.4 is 20.3 Å². The van der Waals surface area contributed by atoms with Gasteiger partial charge in [-0.1, -0.05) is 11.6 Å². The Bertz CT molecular complexity index is 1200. The topological polar surface area (TPSA) is 100 Å². The molecule has 39 heavy (non-hydrogen) atoms. The van der Waals surface area contributed by atoms with E-state index in [4.69, 9.17) is 16.3 Å². The van der Waals surface area contributed by atoms with Crippen molar-refractivity contribution in [2.75, 3.05) is 43.1 Å². The van der Waals surface area contributed by atoms with Gasteiger partial charge in [0.15, 0.2) is 5.75 Å². The third-order valence-corrected chi connectivity index (χ3v) is 7.27. The number of morpholine rings is 1. The van der Waals surface area contributed by atoms with Gasteiger partial charge >= 0.3 is 6.61 Å². The molecule has 1 atom stereocenters. The van der Waals surface area contributed by atoms with Crippen LogP contribution in [0.15, 0.2) is 30.3 Å². The number of carbonyl (C=O) groups excluding carboxylic acids is 3. The van der Waals surface area contributed by atoms with Crippen molar-refractivity contribution in [3.8, 4) is 5.75 Å². The monoisotopic (exact) mass is 592 g/mol. The molecule has 1 saturated heterocycles. The van der Waals surface area contributed by atoms with Gasteiger partial charge in [-0.15, -0.1) is 11.3 Å². The molecule has 3 amide bonds. The van der Waals surface area contributed by atoms with Crippen molar-refractivity contribution in [3.63, 3.8) is 0 Å². The van der Waals surface area contributed by atoms with E-state index in [0.29, 0.717) is 17.2 Å². The second-order valence-electron chi connectivity index (χ2n) is 8.80. The molecule has 2 heterocycles. The molecule has 212 valence electrons. The number of amides is 3. The lowest BCUT2D eigenvalue weighted by Crippen LogP contribution is -2.53. The number of anilines is 2. The molecule has 2 aromatic rings. The van der Waals surface area contributed by atoms with E-state index in [-0.39, 0.29) is 54.3 Å². The summed E-state index contributed by atoms with van der Waals surface area (Å²) in [5, 5.41) is 5.15. The number of alkyl halides is 4. The summed E-state index contributed by atoms with van der Waals surface area (Å²) in [5.41, 5.74) is 0.103. The van der Waals surface area contributed by atoms with Crippen LogP contribution in [-0.2, 0) is 14.3 Å². The number of nitrogens with one attached hydrogen (secondary N) is 2. The highest BCUT2D eigenvalue weighted by atomic mass is 35.5. The molecule has 2 N–H and O–H groups in total. The Hall–Kier alpha value is -2.94. The van der Waals surface area contributed by atoms with Crippen molar-refractivity contribution in [2.45, 2.75) is 38.0 Å². The molecular weight excluding hydrogens is 568 g/mol. The van der Waals surface area contributed by atoms with Gasteiger partial charge < -0.3 is 25.0 Å². The Morgan fingerprint density at radius 3 is 2.59 bits per heavy atom. The van der Waals surface area contributed by atoms with Crippen LogP contribution in [0.1, 0.15) is 22.5 Å². The van der Waals surface area contributed by atoms with Crippen LogP contribution in [0.2, 0.25) is 4.34 Å².